The lowest BCUT2D eigenvalue weighted by atomic mass is 9.85. The van der Waals surface area contributed by atoms with E-state index < -0.39 is 17.0 Å². The summed E-state index contributed by atoms with van der Waals surface area (Å²) in [4.78, 5) is 14.7. The van der Waals surface area contributed by atoms with Crippen LogP contribution in [0.1, 0.15) is 38.2 Å². The summed E-state index contributed by atoms with van der Waals surface area (Å²) in [6, 6.07) is 5.85. The number of benzene rings is 1. The van der Waals surface area contributed by atoms with Crippen molar-refractivity contribution in [3.63, 3.8) is 0 Å². The van der Waals surface area contributed by atoms with E-state index in [1.54, 1.807) is 12.1 Å². The molecule has 0 amide bonds. The highest BCUT2D eigenvalue weighted by atomic mass is 127. The molecule has 0 aliphatic heterocycles. The Labute approximate surface area is 173 Å². The summed E-state index contributed by atoms with van der Waals surface area (Å²) in [6.07, 6.45) is -2.79. The molecule has 1 saturated carbocycles. The van der Waals surface area contributed by atoms with Gasteiger partial charge in [0.05, 0.1) is 17.4 Å². The first-order chi connectivity index (χ1) is 12.3. The van der Waals surface area contributed by atoms with Crippen molar-refractivity contribution in [1.29, 1.82) is 0 Å². The number of nitro benzene ring substituents is 1. The van der Waals surface area contributed by atoms with E-state index in [1.807, 2.05) is 6.92 Å². The number of nitrogens with one attached hydrogen (secondary N) is 2. The summed E-state index contributed by atoms with van der Waals surface area (Å²) >= 11 is 0. The van der Waals surface area contributed by atoms with Gasteiger partial charge >= 0.3 is 6.18 Å². The zero-order chi connectivity index (χ0) is 19.2. The van der Waals surface area contributed by atoms with Crippen LogP contribution < -0.4 is 10.6 Å². The molecule has 2 unspecified atom stereocenters. The summed E-state index contributed by atoms with van der Waals surface area (Å²) in [5, 5.41) is 16.9. The molecular weight excluding hydrogens is 476 g/mol. The van der Waals surface area contributed by atoms with E-state index >= 15 is 0 Å². The lowest BCUT2D eigenvalue weighted by Crippen LogP contribution is -2.46. The van der Waals surface area contributed by atoms with Crippen LogP contribution in [0.2, 0.25) is 0 Å². The predicted octanol–water partition coefficient (Wildman–Crippen LogP) is 4.39. The molecule has 0 heterocycles. The van der Waals surface area contributed by atoms with Crippen LogP contribution in [-0.4, -0.2) is 29.6 Å². The zero-order valence-corrected chi connectivity index (χ0v) is 17.3. The van der Waals surface area contributed by atoms with Gasteiger partial charge in [-0.3, -0.25) is 10.1 Å². The third kappa shape index (κ3) is 7.51. The molecule has 1 aromatic carbocycles. The molecular formula is C17H24F3IN4O2. The van der Waals surface area contributed by atoms with Gasteiger partial charge < -0.3 is 10.6 Å². The Bertz CT molecular complexity index is 655. The lowest BCUT2D eigenvalue weighted by molar-refractivity contribution is -0.384. The van der Waals surface area contributed by atoms with Gasteiger partial charge in [-0.15, -0.1) is 24.0 Å². The van der Waals surface area contributed by atoms with Gasteiger partial charge in [0.25, 0.3) is 5.69 Å². The molecule has 1 aliphatic rings. The van der Waals surface area contributed by atoms with Gasteiger partial charge in [0.1, 0.15) is 0 Å². The SMILES string of the molecule is CCNC(=NCc1cccc([N+](=O)[O-])c1)NC1CCCC(C(F)(F)F)C1.I. The maximum absolute atomic E-state index is 12.9. The summed E-state index contributed by atoms with van der Waals surface area (Å²) in [6.45, 7) is 2.63. The Kier molecular flexibility index (Phi) is 9.27. The molecule has 0 radical (unpaired) electrons. The molecule has 2 N–H and O–H groups in total. The van der Waals surface area contributed by atoms with E-state index in [4.69, 9.17) is 0 Å². The van der Waals surface area contributed by atoms with E-state index in [0.29, 0.717) is 30.9 Å². The first-order valence-electron chi connectivity index (χ1n) is 8.64. The molecule has 6 nitrogen and oxygen atoms in total. The molecule has 1 aromatic rings. The molecule has 0 bridgehead atoms. The van der Waals surface area contributed by atoms with E-state index in [-0.39, 0.29) is 55.1 Å². The van der Waals surface area contributed by atoms with Gasteiger partial charge in [0.15, 0.2) is 5.96 Å². The predicted molar refractivity (Wildman–Crippen MR) is 108 cm³/mol. The van der Waals surface area contributed by atoms with Crippen LogP contribution in [0.15, 0.2) is 29.3 Å². The molecule has 27 heavy (non-hydrogen) atoms. The van der Waals surface area contributed by atoms with Gasteiger partial charge in [-0.05, 0) is 31.7 Å². The smallest absolute Gasteiger partial charge is 0.357 e. The number of guanidine groups is 1. The molecule has 10 heteroatoms. The van der Waals surface area contributed by atoms with E-state index in [1.165, 1.54) is 12.1 Å². The topological polar surface area (TPSA) is 79.6 Å². The van der Waals surface area contributed by atoms with Crippen LogP contribution in [0.4, 0.5) is 18.9 Å². The Morgan fingerprint density at radius 1 is 1.37 bits per heavy atom. The second-order valence-corrected chi connectivity index (χ2v) is 6.37. The molecule has 1 aliphatic carbocycles. The Morgan fingerprint density at radius 2 is 2.11 bits per heavy atom. The van der Waals surface area contributed by atoms with Crippen molar-refractivity contribution in [2.75, 3.05) is 6.54 Å². The van der Waals surface area contributed by atoms with Crippen LogP contribution in [-0.2, 0) is 6.54 Å². The third-order valence-electron chi connectivity index (χ3n) is 4.36. The number of non-ortho nitro benzene ring substituents is 1. The minimum Gasteiger partial charge on any atom is -0.357 e. The largest absolute Gasteiger partial charge is 0.391 e. The summed E-state index contributed by atoms with van der Waals surface area (Å²) < 4.78 is 38.8. The van der Waals surface area contributed by atoms with E-state index in [0.717, 1.165) is 0 Å². The highest BCUT2D eigenvalue weighted by Gasteiger charge is 2.42. The van der Waals surface area contributed by atoms with Crippen LogP contribution in [0.3, 0.4) is 0 Å². The fourth-order valence-electron chi connectivity index (χ4n) is 3.07. The maximum atomic E-state index is 12.9. The van der Waals surface area contributed by atoms with Crippen molar-refractivity contribution in [2.45, 2.75) is 51.4 Å². The molecule has 0 spiro atoms. The molecule has 1 fully saturated rings. The lowest BCUT2D eigenvalue weighted by Gasteiger charge is -2.31. The van der Waals surface area contributed by atoms with Crippen molar-refractivity contribution >= 4 is 35.6 Å². The minimum absolute atomic E-state index is 0. The van der Waals surface area contributed by atoms with Crippen LogP contribution in [0.25, 0.3) is 0 Å². The molecule has 2 rings (SSSR count). The Hall–Kier alpha value is -1.59. The molecule has 0 saturated heterocycles. The normalized spacial score (nSPS) is 20.5. The number of aliphatic imine (C=N–C) groups is 1. The summed E-state index contributed by atoms with van der Waals surface area (Å²) in [5.74, 6) is -0.861. The molecule has 2 atom stereocenters. The third-order valence-corrected chi connectivity index (χ3v) is 4.36. The van der Waals surface area contributed by atoms with Crippen LogP contribution >= 0.6 is 24.0 Å². The average molecular weight is 500 g/mol. The number of halogens is 4. The Balaban J connectivity index is 0.00000364. The van der Waals surface area contributed by atoms with Gasteiger partial charge in [-0.25, -0.2) is 4.99 Å². The quantitative estimate of drug-likeness (QED) is 0.207. The van der Waals surface area contributed by atoms with Crippen molar-refractivity contribution in [1.82, 2.24) is 10.6 Å². The first kappa shape index (κ1) is 23.4. The average Bonchev–Trinajstić information content (AvgIpc) is 2.59. The number of rotatable bonds is 5. The van der Waals surface area contributed by atoms with E-state index in [2.05, 4.69) is 15.6 Å². The number of hydrogen-bond acceptors (Lipinski definition) is 3. The molecule has 152 valence electrons. The summed E-state index contributed by atoms with van der Waals surface area (Å²) in [7, 11) is 0. The standard InChI is InChI=1S/C17H23F3N4O2.HI/c1-2-21-16(22-11-12-5-3-8-15(9-12)24(25)26)23-14-7-4-6-13(10-14)17(18,19)20;/h3,5,8-9,13-14H,2,4,6-7,10-11H2,1H3,(H2,21,22,23);1H. The second kappa shape index (κ2) is 10.7. The number of nitro groups is 1. The van der Waals surface area contributed by atoms with Crippen molar-refractivity contribution in [3.8, 4) is 0 Å². The highest BCUT2D eigenvalue weighted by Crippen LogP contribution is 2.37. The monoisotopic (exact) mass is 500 g/mol. The van der Waals surface area contributed by atoms with E-state index in [9.17, 15) is 23.3 Å². The number of nitrogens with zero attached hydrogens (tertiary/aromatic N) is 2. The number of hydrogen-bond donors (Lipinski definition) is 2. The highest BCUT2D eigenvalue weighted by molar-refractivity contribution is 14.0. The second-order valence-electron chi connectivity index (χ2n) is 6.37. The first-order valence-corrected chi connectivity index (χ1v) is 8.64. The van der Waals surface area contributed by atoms with Crippen molar-refractivity contribution in [2.24, 2.45) is 10.9 Å². The van der Waals surface area contributed by atoms with Gasteiger partial charge in [-0.1, -0.05) is 18.6 Å². The zero-order valence-electron chi connectivity index (χ0n) is 15.0. The minimum atomic E-state index is -4.17. The van der Waals surface area contributed by atoms with Gasteiger partial charge in [-0.2, -0.15) is 13.2 Å². The van der Waals surface area contributed by atoms with Crippen LogP contribution in [0, 0.1) is 16.0 Å². The Morgan fingerprint density at radius 3 is 2.74 bits per heavy atom. The van der Waals surface area contributed by atoms with Gasteiger partial charge in [0, 0.05) is 24.7 Å². The summed E-state index contributed by atoms with van der Waals surface area (Å²) in [5.41, 5.74) is 0.643. The fraction of sp³-hybridized carbons (Fsp3) is 0.588. The fourth-order valence-corrected chi connectivity index (χ4v) is 3.07. The maximum Gasteiger partial charge on any atom is 0.391 e. The molecule has 0 aromatic heterocycles. The van der Waals surface area contributed by atoms with Crippen LogP contribution in [0.5, 0.6) is 0 Å². The van der Waals surface area contributed by atoms with Crippen molar-refractivity contribution < 1.29 is 18.1 Å². The van der Waals surface area contributed by atoms with Crippen molar-refractivity contribution in [3.05, 3.63) is 39.9 Å². The van der Waals surface area contributed by atoms with Gasteiger partial charge in [0.2, 0.25) is 0 Å². The number of alkyl halides is 3.